The van der Waals surface area contributed by atoms with Crippen molar-refractivity contribution in [2.24, 2.45) is 5.41 Å². The Kier molecular flexibility index (Phi) is 17.9. The summed E-state index contributed by atoms with van der Waals surface area (Å²) in [6.07, 6.45) is 6.13. The van der Waals surface area contributed by atoms with Crippen LogP contribution in [0.3, 0.4) is 0 Å². The lowest BCUT2D eigenvalue weighted by molar-refractivity contribution is -0.144. The third-order valence-corrected chi connectivity index (χ3v) is 18.0. The van der Waals surface area contributed by atoms with Crippen LogP contribution in [0.2, 0.25) is 19.1 Å². The van der Waals surface area contributed by atoms with Crippen molar-refractivity contribution in [3.63, 3.8) is 0 Å². The number of likely N-dealkylation sites (N-methyl/N-ethyl adjacent to an activating group) is 2. The molecule has 396 valence electrons. The number of rotatable bonds is 15. The van der Waals surface area contributed by atoms with Gasteiger partial charge in [0.2, 0.25) is 35.4 Å². The fourth-order valence-corrected chi connectivity index (χ4v) is 13.7. The van der Waals surface area contributed by atoms with Crippen LogP contribution in [0.15, 0.2) is 72.8 Å². The van der Waals surface area contributed by atoms with E-state index in [0.29, 0.717) is 17.8 Å². The van der Waals surface area contributed by atoms with Gasteiger partial charge in [0.05, 0.1) is 32.2 Å². The van der Waals surface area contributed by atoms with Crippen LogP contribution < -0.4 is 37.2 Å². The standard InChI is InChI=1S/C57H77N9O7Si/c1-35(58-6)51(68)63-46(55(72)66-34-74(8,9)33-48(66)54(71)62-45-23-15-19-40-17-11-13-21-43(40)45)30-38-26-24-37(25-27-38)28-29-49(67)60-41-31-47(53(70)61-44-22-14-18-39-16-10-12-20-42(39)44)65(32-41)56(73)50(57(3,4)5)64-52(69)36(2)59-7/h10-13,16-17,20-21,24-27,35-36,41,44-48,50,58-59H,14-15,18-19,22-23,30-34H2,1-9H3,(H,60,67)(H,61,70)(H,62,71)(H,63,68)(H,64,69). The molecule has 0 aromatic heterocycles. The van der Waals surface area contributed by atoms with Gasteiger partial charge in [-0.1, -0.05) is 100 Å². The Labute approximate surface area is 438 Å². The van der Waals surface area contributed by atoms with Crippen molar-refractivity contribution in [3.05, 3.63) is 106 Å². The van der Waals surface area contributed by atoms with E-state index in [1.54, 1.807) is 57.1 Å². The topological polar surface area (TPSA) is 210 Å². The fraction of sp³-hybridized carbons (Fsp3) is 0.526. The lowest BCUT2D eigenvalue weighted by Crippen LogP contribution is -2.59. The number of nitrogens with one attached hydrogen (secondary N) is 7. The number of benzene rings is 3. The van der Waals surface area contributed by atoms with Gasteiger partial charge in [0, 0.05) is 36.7 Å². The Bertz CT molecular complexity index is 2640. The maximum Gasteiger partial charge on any atom is 0.296 e. The normalized spacial score (nSPS) is 22.5. The summed E-state index contributed by atoms with van der Waals surface area (Å²) in [6.45, 7) is 13.4. The van der Waals surface area contributed by atoms with Crippen LogP contribution in [-0.4, -0.2) is 128 Å². The highest BCUT2D eigenvalue weighted by molar-refractivity contribution is 6.79. The monoisotopic (exact) mass is 1030 g/mol. The first-order valence-electron chi connectivity index (χ1n) is 26.4. The van der Waals surface area contributed by atoms with Gasteiger partial charge in [-0.2, -0.15) is 0 Å². The Morgan fingerprint density at radius 3 is 1.78 bits per heavy atom. The Hall–Kier alpha value is -6.35. The summed E-state index contributed by atoms with van der Waals surface area (Å²) >= 11 is 0. The lowest BCUT2D eigenvalue weighted by Gasteiger charge is -2.36. The molecule has 3 aromatic carbocycles. The minimum absolute atomic E-state index is 0.0332. The number of aryl methyl sites for hydroxylation is 2. The third kappa shape index (κ3) is 13.5. The van der Waals surface area contributed by atoms with Crippen LogP contribution in [0.25, 0.3) is 0 Å². The number of carbonyl (C=O) groups is 7. The van der Waals surface area contributed by atoms with Gasteiger partial charge >= 0.3 is 0 Å². The Morgan fingerprint density at radius 2 is 1.23 bits per heavy atom. The lowest BCUT2D eigenvalue weighted by atomic mass is 9.85. The molecule has 0 bridgehead atoms. The summed E-state index contributed by atoms with van der Waals surface area (Å²) in [5.41, 5.74) is 5.15. The highest BCUT2D eigenvalue weighted by Crippen LogP contribution is 2.34. The molecule has 16 nitrogen and oxygen atoms in total. The van der Waals surface area contributed by atoms with Crippen molar-refractivity contribution >= 4 is 49.4 Å². The molecule has 7 amide bonds. The van der Waals surface area contributed by atoms with Crippen LogP contribution >= 0.6 is 0 Å². The van der Waals surface area contributed by atoms with E-state index in [1.165, 1.54) is 16.0 Å². The molecule has 9 atom stereocenters. The molecule has 74 heavy (non-hydrogen) atoms. The van der Waals surface area contributed by atoms with Crippen LogP contribution in [-0.2, 0) is 52.8 Å². The molecule has 7 N–H and O–H groups in total. The molecule has 2 heterocycles. The summed E-state index contributed by atoms with van der Waals surface area (Å²) in [5, 5.41) is 21.2. The maximum atomic E-state index is 14.7. The molecule has 2 saturated heterocycles. The molecule has 0 spiro atoms. The first-order chi connectivity index (χ1) is 35.2. The fourth-order valence-electron chi connectivity index (χ4n) is 10.9. The number of nitrogens with zero attached hydrogens (tertiary/aromatic N) is 2. The van der Waals surface area contributed by atoms with Crippen molar-refractivity contribution < 1.29 is 33.6 Å². The van der Waals surface area contributed by atoms with Crippen LogP contribution in [0.4, 0.5) is 0 Å². The number of carbonyl (C=O) groups excluding carboxylic acids is 7. The Balaban J connectivity index is 1.04. The molecule has 3 aromatic rings. The first-order valence-corrected chi connectivity index (χ1v) is 29.8. The first kappa shape index (κ1) is 55.4. The quantitative estimate of drug-likeness (QED) is 0.0873. The van der Waals surface area contributed by atoms with Crippen molar-refractivity contribution in [2.45, 2.75) is 159 Å². The highest BCUT2D eigenvalue weighted by atomic mass is 28.3. The second-order valence-corrected chi connectivity index (χ2v) is 27.7. The second-order valence-electron chi connectivity index (χ2n) is 22.6. The summed E-state index contributed by atoms with van der Waals surface area (Å²) in [6, 6.07) is 18.4. The number of hydrogen-bond donors (Lipinski definition) is 7. The predicted molar refractivity (Wildman–Crippen MR) is 288 cm³/mol. The average Bonchev–Trinajstić information content (AvgIpc) is 3.96. The van der Waals surface area contributed by atoms with E-state index in [1.807, 2.05) is 51.1 Å². The maximum absolute atomic E-state index is 14.7. The van der Waals surface area contributed by atoms with Crippen molar-refractivity contribution in [1.82, 2.24) is 47.0 Å². The van der Waals surface area contributed by atoms with E-state index in [-0.39, 0.29) is 61.0 Å². The highest BCUT2D eigenvalue weighted by Gasteiger charge is 2.48. The largest absolute Gasteiger partial charge is 0.348 e. The average molecular weight is 1030 g/mol. The van der Waals surface area contributed by atoms with E-state index >= 15 is 0 Å². The Morgan fingerprint density at radius 1 is 0.689 bits per heavy atom. The third-order valence-electron chi connectivity index (χ3n) is 15.3. The summed E-state index contributed by atoms with van der Waals surface area (Å²) < 4.78 is 0. The van der Waals surface area contributed by atoms with E-state index in [9.17, 15) is 33.6 Å². The molecule has 0 radical (unpaired) electrons. The van der Waals surface area contributed by atoms with Gasteiger partial charge < -0.3 is 47.0 Å². The minimum atomic E-state index is -2.01. The number of fused-ring (bicyclic) bond motifs is 2. The molecule has 2 aliphatic carbocycles. The van der Waals surface area contributed by atoms with E-state index in [2.05, 4.69) is 80.4 Å². The smallest absolute Gasteiger partial charge is 0.296 e. The van der Waals surface area contributed by atoms with Crippen LogP contribution in [0.5, 0.6) is 0 Å². The summed E-state index contributed by atoms with van der Waals surface area (Å²) in [5.74, 6) is 3.10. The molecular formula is C57H77N9O7Si. The van der Waals surface area contributed by atoms with E-state index in [4.69, 9.17) is 0 Å². The molecule has 4 aliphatic rings. The van der Waals surface area contributed by atoms with Crippen molar-refractivity contribution in [3.8, 4) is 11.8 Å². The number of likely N-dealkylation sites (tertiary alicyclic amines) is 1. The zero-order valence-corrected chi connectivity index (χ0v) is 45.7. The molecule has 2 aliphatic heterocycles. The zero-order valence-electron chi connectivity index (χ0n) is 44.7. The molecule has 17 heteroatoms. The molecule has 0 saturated carbocycles. The van der Waals surface area contributed by atoms with Gasteiger partial charge in [0.1, 0.15) is 24.2 Å². The van der Waals surface area contributed by atoms with Crippen molar-refractivity contribution in [1.29, 1.82) is 0 Å². The summed E-state index contributed by atoms with van der Waals surface area (Å²) in [7, 11) is 1.33. The second kappa shape index (κ2) is 23.9. The molecule has 7 rings (SSSR count). The molecule has 2 fully saturated rings. The van der Waals surface area contributed by atoms with Gasteiger partial charge in [-0.05, 0) is 124 Å². The minimum Gasteiger partial charge on any atom is -0.348 e. The van der Waals surface area contributed by atoms with Crippen LogP contribution in [0, 0.1) is 17.3 Å². The van der Waals surface area contributed by atoms with Gasteiger partial charge in [0.15, 0.2) is 0 Å². The number of amides is 7. The van der Waals surface area contributed by atoms with Crippen molar-refractivity contribution in [2.75, 3.05) is 26.8 Å². The van der Waals surface area contributed by atoms with E-state index < -0.39 is 67.6 Å². The predicted octanol–water partition coefficient (Wildman–Crippen LogP) is 3.74. The van der Waals surface area contributed by atoms with Gasteiger partial charge in [-0.15, -0.1) is 0 Å². The number of hydrogen-bond acceptors (Lipinski definition) is 9. The SMILES string of the molecule is CNC(C)C(=O)NC(Cc1ccc(C#CC(=O)NC2CC(C(=O)NC3CCCc4ccccc43)N(C(=O)C(NC(=O)C(C)NC)C(C)(C)C)C2)cc1)C(=O)N1C[Si](C)(C)CC1C(=O)NC1CCCc2ccccc21. The van der Waals surface area contributed by atoms with Gasteiger partial charge in [-0.3, -0.25) is 33.6 Å². The molecular weight excluding hydrogens is 951 g/mol. The van der Waals surface area contributed by atoms with Gasteiger partial charge in [0.25, 0.3) is 5.91 Å². The zero-order chi connectivity index (χ0) is 53.5. The van der Waals surface area contributed by atoms with Crippen LogP contribution in [0.1, 0.15) is 112 Å². The summed E-state index contributed by atoms with van der Waals surface area (Å²) in [4.78, 5) is 101. The van der Waals surface area contributed by atoms with Gasteiger partial charge in [-0.25, -0.2) is 0 Å². The van der Waals surface area contributed by atoms with E-state index in [0.717, 1.165) is 55.2 Å². The molecule has 9 unspecified atom stereocenters.